The SMILES string of the molecule is O=C1Nc2nc(-c3cn4ncnc4c(CCCC(F)(F)F)n3)nc3c2C1(c1nnc(C2CC2)o1)C1CN31. The van der Waals surface area contributed by atoms with Crippen molar-refractivity contribution in [2.75, 3.05) is 16.8 Å². The van der Waals surface area contributed by atoms with E-state index in [0.29, 0.717) is 46.7 Å². The fourth-order valence-electron chi connectivity index (χ4n) is 5.47. The summed E-state index contributed by atoms with van der Waals surface area (Å²) in [5, 5.41) is 15.4. The predicted octanol–water partition coefficient (Wildman–Crippen LogP) is 2.17. The van der Waals surface area contributed by atoms with Gasteiger partial charge in [0.15, 0.2) is 16.9 Å². The number of nitrogens with zero attached hydrogens (tertiary/aromatic N) is 9. The van der Waals surface area contributed by atoms with E-state index in [0.717, 1.165) is 12.8 Å². The number of rotatable bonds is 6. The number of alkyl halides is 3. The molecule has 3 aliphatic heterocycles. The molecule has 2 unspecified atom stereocenters. The van der Waals surface area contributed by atoms with Crippen molar-refractivity contribution in [3.8, 4) is 11.5 Å². The van der Waals surface area contributed by atoms with E-state index in [1.807, 2.05) is 4.90 Å². The second-order valence-corrected chi connectivity index (χ2v) is 9.81. The number of amides is 1. The van der Waals surface area contributed by atoms with Crippen LogP contribution < -0.4 is 10.2 Å². The number of aromatic nitrogens is 8. The van der Waals surface area contributed by atoms with Crippen LogP contribution in [0.5, 0.6) is 0 Å². The van der Waals surface area contributed by atoms with Crippen LogP contribution in [0.1, 0.15) is 54.6 Å². The van der Waals surface area contributed by atoms with Gasteiger partial charge in [0.25, 0.3) is 0 Å². The van der Waals surface area contributed by atoms with E-state index >= 15 is 0 Å². The summed E-state index contributed by atoms with van der Waals surface area (Å²) in [5.41, 5.74) is 0.495. The van der Waals surface area contributed by atoms with Crippen LogP contribution in [0.3, 0.4) is 0 Å². The van der Waals surface area contributed by atoms with Gasteiger partial charge in [-0.1, -0.05) is 0 Å². The van der Waals surface area contributed by atoms with Crippen LogP contribution in [0.25, 0.3) is 17.2 Å². The molecule has 2 atom stereocenters. The van der Waals surface area contributed by atoms with Gasteiger partial charge in [-0.15, -0.1) is 10.2 Å². The van der Waals surface area contributed by atoms with E-state index in [4.69, 9.17) is 9.40 Å². The first-order chi connectivity index (χ1) is 17.8. The average Bonchev–Trinajstić information content (AvgIpc) is 3.68. The first-order valence-electron chi connectivity index (χ1n) is 11.9. The van der Waals surface area contributed by atoms with Crippen molar-refractivity contribution < 1.29 is 22.4 Å². The molecule has 4 aromatic rings. The standard InChI is InChI=1S/C22H17F3N10O2/c23-21(24,25)5-1-2-10-16-26-8-27-35(16)6-11(28-10)14-29-15-13-17(30-14)34-7-12(34)22(13,19(36)31-15)20-33-32-18(37-20)9-3-4-9/h6,8-9,12H,1-5,7H2,(H,29,30,31,36). The molecule has 0 radical (unpaired) electrons. The Morgan fingerprint density at radius 2 is 2.05 bits per heavy atom. The molecule has 0 bridgehead atoms. The summed E-state index contributed by atoms with van der Waals surface area (Å²) >= 11 is 0. The first kappa shape index (κ1) is 21.0. The maximum absolute atomic E-state index is 13.4. The Balaban J connectivity index is 1.21. The Morgan fingerprint density at radius 1 is 1.19 bits per heavy atom. The summed E-state index contributed by atoms with van der Waals surface area (Å²) in [4.78, 5) is 33.4. The zero-order valence-corrected chi connectivity index (χ0v) is 19.0. The molecule has 1 aliphatic carbocycles. The Kier molecular flexibility index (Phi) is 3.84. The van der Waals surface area contributed by atoms with Gasteiger partial charge in [-0.05, 0) is 25.7 Å². The number of aryl methyl sites for hydroxylation is 1. The molecular formula is C22H17F3N10O2. The molecule has 2 fully saturated rings. The highest BCUT2D eigenvalue weighted by Crippen LogP contribution is 2.60. The fourth-order valence-corrected chi connectivity index (χ4v) is 5.47. The molecule has 37 heavy (non-hydrogen) atoms. The van der Waals surface area contributed by atoms with E-state index in [2.05, 4.69) is 35.6 Å². The Labute approximate surface area is 205 Å². The maximum Gasteiger partial charge on any atom is 0.389 e. The van der Waals surface area contributed by atoms with E-state index in [1.165, 1.54) is 10.8 Å². The zero-order valence-electron chi connectivity index (χ0n) is 19.0. The normalized spacial score (nSPS) is 23.5. The zero-order chi connectivity index (χ0) is 25.1. The minimum absolute atomic E-state index is 0.0574. The van der Waals surface area contributed by atoms with Gasteiger partial charge in [0.2, 0.25) is 17.7 Å². The van der Waals surface area contributed by atoms with Gasteiger partial charge in [0.05, 0.1) is 23.5 Å². The van der Waals surface area contributed by atoms with Gasteiger partial charge in [-0.2, -0.15) is 18.3 Å². The summed E-state index contributed by atoms with van der Waals surface area (Å²) in [6.45, 7) is 0.593. The maximum atomic E-state index is 13.4. The molecule has 4 aliphatic rings. The molecule has 7 heterocycles. The lowest BCUT2D eigenvalue weighted by molar-refractivity contribution is -0.135. The molecule has 15 heteroatoms. The topological polar surface area (TPSA) is 140 Å². The average molecular weight is 510 g/mol. The second kappa shape index (κ2) is 6.77. The second-order valence-electron chi connectivity index (χ2n) is 9.81. The molecule has 4 aromatic heterocycles. The third-order valence-electron chi connectivity index (χ3n) is 7.40. The van der Waals surface area contributed by atoms with Crippen molar-refractivity contribution in [1.82, 2.24) is 39.7 Å². The molecule has 1 saturated heterocycles. The van der Waals surface area contributed by atoms with Crippen LogP contribution in [-0.2, 0) is 16.6 Å². The van der Waals surface area contributed by atoms with Gasteiger partial charge in [0, 0.05) is 18.9 Å². The van der Waals surface area contributed by atoms with Crippen molar-refractivity contribution in [2.45, 2.75) is 55.7 Å². The van der Waals surface area contributed by atoms with E-state index < -0.39 is 18.0 Å². The molecule has 0 spiro atoms. The number of halogens is 3. The molecule has 1 amide bonds. The van der Waals surface area contributed by atoms with Crippen molar-refractivity contribution in [1.29, 1.82) is 0 Å². The highest BCUT2D eigenvalue weighted by Gasteiger charge is 2.72. The Bertz CT molecular complexity index is 1630. The van der Waals surface area contributed by atoms with E-state index in [-0.39, 0.29) is 42.4 Å². The largest absolute Gasteiger partial charge is 0.423 e. The molecule has 0 aromatic carbocycles. The molecular weight excluding hydrogens is 493 g/mol. The van der Waals surface area contributed by atoms with Crippen LogP contribution in [-0.4, -0.2) is 64.4 Å². The third-order valence-corrected chi connectivity index (χ3v) is 7.40. The molecule has 1 N–H and O–H groups in total. The molecule has 12 nitrogen and oxygen atoms in total. The van der Waals surface area contributed by atoms with Crippen LogP contribution in [0, 0.1) is 0 Å². The summed E-state index contributed by atoms with van der Waals surface area (Å²) in [7, 11) is 0. The van der Waals surface area contributed by atoms with Gasteiger partial charge >= 0.3 is 6.18 Å². The van der Waals surface area contributed by atoms with E-state index in [9.17, 15) is 18.0 Å². The number of carbonyl (C=O) groups is 1. The first-order valence-corrected chi connectivity index (χ1v) is 11.9. The fraction of sp³-hybridized carbons (Fsp3) is 0.455. The quantitative estimate of drug-likeness (QED) is 0.384. The third kappa shape index (κ3) is 2.90. The minimum atomic E-state index is -4.26. The van der Waals surface area contributed by atoms with Gasteiger partial charge in [-0.25, -0.2) is 24.5 Å². The minimum Gasteiger partial charge on any atom is -0.423 e. The van der Waals surface area contributed by atoms with Gasteiger partial charge in [0.1, 0.15) is 23.7 Å². The number of hydrogen-bond donors (Lipinski definition) is 1. The number of anilines is 2. The van der Waals surface area contributed by atoms with Crippen molar-refractivity contribution in [3.05, 3.63) is 35.6 Å². The number of carbonyl (C=O) groups excluding carboxylic acids is 1. The molecule has 188 valence electrons. The predicted molar refractivity (Wildman–Crippen MR) is 118 cm³/mol. The summed E-state index contributed by atoms with van der Waals surface area (Å²) in [5.74, 6) is 1.89. The smallest absolute Gasteiger partial charge is 0.389 e. The van der Waals surface area contributed by atoms with E-state index in [1.54, 1.807) is 6.20 Å². The van der Waals surface area contributed by atoms with Crippen molar-refractivity contribution in [2.24, 2.45) is 0 Å². The monoisotopic (exact) mass is 510 g/mol. The summed E-state index contributed by atoms with van der Waals surface area (Å²) in [6.07, 6.45) is -0.400. The lowest BCUT2D eigenvalue weighted by atomic mass is 9.80. The van der Waals surface area contributed by atoms with Crippen LogP contribution >= 0.6 is 0 Å². The van der Waals surface area contributed by atoms with Crippen molar-refractivity contribution >= 4 is 23.2 Å². The Morgan fingerprint density at radius 3 is 2.86 bits per heavy atom. The van der Waals surface area contributed by atoms with Gasteiger partial charge in [-0.3, -0.25) is 4.79 Å². The molecule has 8 rings (SSSR count). The summed E-state index contributed by atoms with van der Waals surface area (Å²) < 4.78 is 45.6. The Hall–Kier alpha value is -4.17. The highest BCUT2D eigenvalue weighted by molar-refractivity contribution is 6.13. The van der Waals surface area contributed by atoms with Crippen LogP contribution in [0.4, 0.5) is 24.8 Å². The highest BCUT2D eigenvalue weighted by atomic mass is 19.4. The van der Waals surface area contributed by atoms with Crippen LogP contribution in [0.2, 0.25) is 0 Å². The lowest BCUT2D eigenvalue weighted by Crippen LogP contribution is -2.40. The van der Waals surface area contributed by atoms with Crippen LogP contribution in [0.15, 0.2) is 16.9 Å². The number of hydrogen-bond acceptors (Lipinski definition) is 10. The summed E-state index contributed by atoms with van der Waals surface area (Å²) in [6, 6.07) is -0.204. The number of fused-ring (bicyclic) bond motifs is 4. The van der Waals surface area contributed by atoms with Gasteiger partial charge < -0.3 is 14.6 Å². The lowest BCUT2D eigenvalue weighted by Gasteiger charge is -2.17. The van der Waals surface area contributed by atoms with Crippen molar-refractivity contribution in [3.63, 3.8) is 0 Å². The number of nitrogens with one attached hydrogen (secondary N) is 1. The molecule has 1 saturated carbocycles.